The minimum atomic E-state index is -1.55. The summed E-state index contributed by atoms with van der Waals surface area (Å²) in [5.74, 6) is -1.85. The number of nitrogens with two attached hydrogens (primary N) is 1. The fourth-order valence-electron chi connectivity index (χ4n) is 2.19. The van der Waals surface area contributed by atoms with Crippen molar-refractivity contribution in [3.63, 3.8) is 0 Å². The number of carboxylic acids is 1. The molecule has 1 amide bonds. The van der Waals surface area contributed by atoms with E-state index in [4.69, 9.17) is 20.9 Å². The van der Waals surface area contributed by atoms with Crippen LogP contribution in [0.4, 0.5) is 0 Å². The van der Waals surface area contributed by atoms with Gasteiger partial charge in [-0.25, -0.2) is 0 Å². The maximum absolute atomic E-state index is 12.0. The lowest BCUT2D eigenvalue weighted by Crippen LogP contribution is -2.51. The van der Waals surface area contributed by atoms with Crippen LogP contribution in [-0.2, 0) is 9.59 Å². The fraction of sp³-hybridized carbons (Fsp3) is 0.800. The summed E-state index contributed by atoms with van der Waals surface area (Å²) >= 11 is 0. The van der Waals surface area contributed by atoms with Gasteiger partial charge in [-0.1, -0.05) is 0 Å². The van der Waals surface area contributed by atoms with Gasteiger partial charge in [-0.3, -0.25) is 9.59 Å². The molecule has 0 spiro atoms. The smallest absolute Gasteiger partial charge is 0.475 e. The van der Waals surface area contributed by atoms with E-state index >= 15 is 0 Å². The Morgan fingerprint density at radius 1 is 1.44 bits per heavy atom. The van der Waals surface area contributed by atoms with Gasteiger partial charge in [0.2, 0.25) is 5.91 Å². The van der Waals surface area contributed by atoms with E-state index < -0.39 is 25.1 Å². The van der Waals surface area contributed by atoms with Crippen molar-refractivity contribution in [1.82, 2.24) is 4.90 Å². The molecule has 0 aliphatic carbocycles. The first-order valence-electron chi connectivity index (χ1n) is 6.07. The van der Waals surface area contributed by atoms with Crippen LogP contribution in [0, 0.1) is 0 Å². The first kappa shape index (κ1) is 14.9. The second-order valence-electron chi connectivity index (χ2n) is 4.55. The standard InChI is InChI=1S/C10H19BN2O5/c12-7(3-1-5-9(14)15)10(16)13-6-2-4-8(13)11(17)18/h7-8,17-18H,1-6,12H2,(H,14,15)/t7-,8-/m0/s1. The predicted molar refractivity (Wildman–Crippen MR) is 64.4 cm³/mol. The van der Waals surface area contributed by atoms with Crippen molar-refractivity contribution in [2.75, 3.05) is 6.54 Å². The zero-order chi connectivity index (χ0) is 13.7. The molecular formula is C10H19BN2O5. The van der Waals surface area contributed by atoms with Crippen LogP contribution in [0.2, 0.25) is 0 Å². The number of carbonyl (C=O) groups excluding carboxylic acids is 1. The molecule has 1 saturated heterocycles. The topological polar surface area (TPSA) is 124 Å². The normalized spacial score (nSPS) is 20.8. The summed E-state index contributed by atoms with van der Waals surface area (Å²) in [6, 6.07) is -0.774. The Kier molecular flexibility index (Phi) is 5.58. The lowest BCUT2D eigenvalue weighted by molar-refractivity contribution is -0.138. The van der Waals surface area contributed by atoms with Crippen LogP contribution in [0.5, 0.6) is 0 Å². The van der Waals surface area contributed by atoms with Crippen molar-refractivity contribution >= 4 is 19.0 Å². The van der Waals surface area contributed by atoms with Gasteiger partial charge in [0, 0.05) is 13.0 Å². The molecule has 0 aromatic heterocycles. The molecule has 2 atom stereocenters. The second kappa shape index (κ2) is 6.72. The highest BCUT2D eigenvalue weighted by molar-refractivity contribution is 6.43. The summed E-state index contributed by atoms with van der Waals surface area (Å²) in [7, 11) is -1.55. The van der Waals surface area contributed by atoms with E-state index in [-0.39, 0.29) is 18.7 Å². The van der Waals surface area contributed by atoms with Crippen LogP contribution in [0.25, 0.3) is 0 Å². The van der Waals surface area contributed by atoms with Gasteiger partial charge in [0.15, 0.2) is 0 Å². The maximum Gasteiger partial charge on any atom is 0.475 e. The summed E-state index contributed by atoms with van der Waals surface area (Å²) in [5, 5.41) is 26.8. The Bertz CT molecular complexity index is 313. The van der Waals surface area contributed by atoms with E-state index in [2.05, 4.69) is 0 Å². The van der Waals surface area contributed by atoms with Gasteiger partial charge in [0.25, 0.3) is 0 Å². The third-order valence-electron chi connectivity index (χ3n) is 3.15. The van der Waals surface area contributed by atoms with Gasteiger partial charge in [-0.05, 0) is 25.7 Å². The number of carbonyl (C=O) groups is 2. The van der Waals surface area contributed by atoms with E-state index in [1.165, 1.54) is 4.90 Å². The van der Waals surface area contributed by atoms with Crippen LogP contribution in [-0.4, -0.2) is 57.6 Å². The van der Waals surface area contributed by atoms with E-state index in [1.54, 1.807) is 0 Å². The highest BCUT2D eigenvalue weighted by Gasteiger charge is 2.38. The molecule has 1 rings (SSSR count). The molecule has 1 aliphatic rings. The third kappa shape index (κ3) is 3.97. The van der Waals surface area contributed by atoms with E-state index in [0.29, 0.717) is 19.4 Å². The van der Waals surface area contributed by atoms with Crippen LogP contribution >= 0.6 is 0 Å². The first-order chi connectivity index (χ1) is 8.43. The Morgan fingerprint density at radius 2 is 2.11 bits per heavy atom. The average molecular weight is 258 g/mol. The third-order valence-corrected chi connectivity index (χ3v) is 3.15. The van der Waals surface area contributed by atoms with E-state index in [9.17, 15) is 9.59 Å². The molecular weight excluding hydrogens is 239 g/mol. The summed E-state index contributed by atoms with van der Waals surface area (Å²) in [6.45, 7) is 0.466. The van der Waals surface area contributed by atoms with Crippen molar-refractivity contribution in [3.8, 4) is 0 Å². The van der Waals surface area contributed by atoms with Crippen LogP contribution < -0.4 is 5.73 Å². The molecule has 1 aliphatic heterocycles. The van der Waals surface area contributed by atoms with Crippen LogP contribution in [0.1, 0.15) is 32.1 Å². The molecule has 0 radical (unpaired) electrons. The molecule has 5 N–H and O–H groups in total. The number of hydrogen-bond donors (Lipinski definition) is 4. The number of nitrogens with zero attached hydrogens (tertiary/aromatic N) is 1. The number of carboxylic acid groups (broad SMARTS) is 1. The molecule has 0 bridgehead atoms. The van der Waals surface area contributed by atoms with Crippen molar-refractivity contribution in [2.45, 2.75) is 44.1 Å². The van der Waals surface area contributed by atoms with Crippen molar-refractivity contribution in [3.05, 3.63) is 0 Å². The fourth-order valence-corrected chi connectivity index (χ4v) is 2.19. The molecule has 18 heavy (non-hydrogen) atoms. The number of aliphatic carboxylic acids is 1. The van der Waals surface area contributed by atoms with Gasteiger partial charge in [0.1, 0.15) is 0 Å². The Hall–Kier alpha value is -1.12. The summed E-state index contributed by atoms with van der Waals surface area (Å²) in [4.78, 5) is 23.7. The molecule has 0 saturated carbocycles. The van der Waals surface area contributed by atoms with Gasteiger partial charge in [0.05, 0.1) is 12.0 Å². The minimum Gasteiger partial charge on any atom is -0.481 e. The van der Waals surface area contributed by atoms with E-state index in [0.717, 1.165) is 6.42 Å². The minimum absolute atomic E-state index is 0.0208. The lowest BCUT2D eigenvalue weighted by atomic mass is 9.77. The highest BCUT2D eigenvalue weighted by Crippen LogP contribution is 2.19. The molecule has 0 unspecified atom stereocenters. The first-order valence-corrected chi connectivity index (χ1v) is 6.07. The average Bonchev–Trinajstić information content (AvgIpc) is 2.76. The summed E-state index contributed by atoms with van der Waals surface area (Å²) < 4.78 is 0. The Balaban J connectivity index is 2.45. The second-order valence-corrected chi connectivity index (χ2v) is 4.55. The largest absolute Gasteiger partial charge is 0.481 e. The number of rotatable bonds is 6. The van der Waals surface area contributed by atoms with Gasteiger partial charge in [-0.15, -0.1) is 0 Å². The van der Waals surface area contributed by atoms with Crippen LogP contribution in [0.15, 0.2) is 0 Å². The predicted octanol–water partition coefficient (Wildman–Crippen LogP) is -1.43. The molecule has 1 fully saturated rings. The maximum atomic E-state index is 12.0. The highest BCUT2D eigenvalue weighted by atomic mass is 16.4. The van der Waals surface area contributed by atoms with Crippen molar-refractivity contribution in [1.29, 1.82) is 0 Å². The zero-order valence-corrected chi connectivity index (χ0v) is 10.2. The SMILES string of the molecule is N[C@@H](CCCC(=O)O)C(=O)N1CCC[C@H]1B(O)O. The van der Waals surface area contributed by atoms with E-state index in [1.807, 2.05) is 0 Å². The van der Waals surface area contributed by atoms with Gasteiger partial charge < -0.3 is 25.8 Å². The van der Waals surface area contributed by atoms with Gasteiger partial charge >= 0.3 is 13.1 Å². The van der Waals surface area contributed by atoms with Crippen molar-refractivity contribution < 1.29 is 24.7 Å². The van der Waals surface area contributed by atoms with Gasteiger partial charge in [-0.2, -0.15) is 0 Å². The molecule has 102 valence electrons. The lowest BCUT2D eigenvalue weighted by Gasteiger charge is -2.26. The molecule has 0 aromatic carbocycles. The Morgan fingerprint density at radius 3 is 2.67 bits per heavy atom. The Labute approximate surface area is 106 Å². The number of amides is 1. The monoisotopic (exact) mass is 258 g/mol. The molecule has 0 aromatic rings. The quantitative estimate of drug-likeness (QED) is 0.433. The van der Waals surface area contributed by atoms with Crippen molar-refractivity contribution in [2.24, 2.45) is 5.73 Å². The van der Waals surface area contributed by atoms with Crippen LogP contribution in [0.3, 0.4) is 0 Å². The number of likely N-dealkylation sites (tertiary alicyclic amines) is 1. The zero-order valence-electron chi connectivity index (χ0n) is 10.2. The molecule has 7 nitrogen and oxygen atoms in total. The number of hydrogen-bond acceptors (Lipinski definition) is 5. The summed E-state index contributed by atoms with van der Waals surface area (Å²) in [6.07, 6.45) is 1.87. The molecule has 1 heterocycles. The summed E-state index contributed by atoms with van der Waals surface area (Å²) in [5.41, 5.74) is 5.70. The molecule has 8 heteroatoms.